The predicted molar refractivity (Wildman–Crippen MR) is 89.9 cm³/mol. The van der Waals surface area contributed by atoms with Crippen LogP contribution < -0.4 is 0 Å². The monoisotopic (exact) mass is 304 g/mol. The number of halogens is 1. The third kappa shape index (κ3) is 2.11. The summed E-state index contributed by atoms with van der Waals surface area (Å²) in [6, 6.07) is 6.37. The summed E-state index contributed by atoms with van der Waals surface area (Å²) in [4.78, 5) is 4.82. The largest absolute Gasteiger partial charge is 0.327 e. The fraction of sp³-hybridized carbons (Fsp3) is 0.611. The lowest BCUT2D eigenvalue weighted by Crippen LogP contribution is -2.09. The average Bonchev–Trinajstić information content (AvgIpc) is 2.71. The van der Waals surface area contributed by atoms with E-state index < -0.39 is 0 Å². The Morgan fingerprint density at radius 1 is 1.19 bits per heavy atom. The molecule has 1 aliphatic rings. The minimum atomic E-state index is 0.393. The number of para-hydroxylation sites is 1. The van der Waals surface area contributed by atoms with Crippen molar-refractivity contribution < 1.29 is 0 Å². The highest BCUT2D eigenvalue weighted by atomic mass is 35.5. The Kier molecular flexibility index (Phi) is 3.36. The van der Waals surface area contributed by atoms with Crippen molar-refractivity contribution >= 4 is 22.6 Å². The number of rotatable bonds is 4. The van der Waals surface area contributed by atoms with Gasteiger partial charge < -0.3 is 4.57 Å². The Bertz CT molecular complexity index is 668. The number of aryl methyl sites for hydroxylation is 2. The molecular weight excluding hydrogens is 280 g/mol. The fourth-order valence-electron chi connectivity index (χ4n) is 3.86. The molecule has 1 heterocycles. The molecule has 0 aliphatic heterocycles. The molecule has 1 aromatic carbocycles. The van der Waals surface area contributed by atoms with E-state index in [4.69, 9.17) is 16.6 Å². The molecule has 2 aromatic rings. The number of aromatic nitrogens is 2. The van der Waals surface area contributed by atoms with Crippen LogP contribution in [0.25, 0.3) is 11.0 Å². The van der Waals surface area contributed by atoms with Gasteiger partial charge in [0.15, 0.2) is 0 Å². The molecule has 114 valence electrons. The van der Waals surface area contributed by atoms with E-state index in [1.54, 1.807) is 0 Å². The zero-order valence-corrected chi connectivity index (χ0v) is 14.5. The standard InChI is InChI=1S/C18H25ClN2/c1-12-7-6-8-13-16(12)21(15(20-13)9-10-19)11-14-17(2,3)18(14,4)5/h6-8,14H,9-11H2,1-5H3. The normalized spacial score (nSPS) is 20.1. The highest BCUT2D eigenvalue weighted by Gasteiger charge is 2.64. The van der Waals surface area contributed by atoms with Gasteiger partial charge in [-0.2, -0.15) is 0 Å². The summed E-state index contributed by atoms with van der Waals surface area (Å²) in [6.45, 7) is 12.7. The smallest absolute Gasteiger partial charge is 0.111 e. The van der Waals surface area contributed by atoms with Crippen molar-refractivity contribution in [2.75, 3.05) is 5.88 Å². The topological polar surface area (TPSA) is 17.8 Å². The van der Waals surface area contributed by atoms with E-state index >= 15 is 0 Å². The number of hydrogen-bond donors (Lipinski definition) is 0. The van der Waals surface area contributed by atoms with Crippen LogP contribution in [0.5, 0.6) is 0 Å². The maximum Gasteiger partial charge on any atom is 0.111 e. The zero-order valence-electron chi connectivity index (χ0n) is 13.7. The molecule has 0 saturated heterocycles. The number of alkyl halides is 1. The van der Waals surface area contributed by atoms with Gasteiger partial charge in [0.05, 0.1) is 11.0 Å². The van der Waals surface area contributed by atoms with E-state index in [-0.39, 0.29) is 0 Å². The molecule has 1 saturated carbocycles. The van der Waals surface area contributed by atoms with E-state index in [2.05, 4.69) is 57.4 Å². The number of nitrogens with zero attached hydrogens (tertiary/aromatic N) is 2. The van der Waals surface area contributed by atoms with E-state index in [0.29, 0.717) is 22.6 Å². The van der Waals surface area contributed by atoms with Crippen molar-refractivity contribution in [1.29, 1.82) is 0 Å². The molecule has 0 bridgehead atoms. The summed E-state index contributed by atoms with van der Waals surface area (Å²) < 4.78 is 2.42. The van der Waals surface area contributed by atoms with Gasteiger partial charge >= 0.3 is 0 Å². The molecular formula is C18H25ClN2. The van der Waals surface area contributed by atoms with Crippen LogP contribution in [0, 0.1) is 23.7 Å². The van der Waals surface area contributed by atoms with Gasteiger partial charge in [0.2, 0.25) is 0 Å². The van der Waals surface area contributed by atoms with Gasteiger partial charge in [-0.3, -0.25) is 0 Å². The van der Waals surface area contributed by atoms with Gasteiger partial charge in [-0.05, 0) is 35.3 Å². The Morgan fingerprint density at radius 3 is 2.43 bits per heavy atom. The molecule has 0 atom stereocenters. The van der Waals surface area contributed by atoms with Crippen molar-refractivity contribution in [3.63, 3.8) is 0 Å². The van der Waals surface area contributed by atoms with Crippen LogP contribution in [0.3, 0.4) is 0 Å². The quantitative estimate of drug-likeness (QED) is 0.741. The van der Waals surface area contributed by atoms with Gasteiger partial charge in [0.1, 0.15) is 5.82 Å². The molecule has 3 heteroatoms. The highest BCUT2D eigenvalue weighted by Crippen LogP contribution is 2.69. The molecule has 21 heavy (non-hydrogen) atoms. The molecule has 1 fully saturated rings. The van der Waals surface area contributed by atoms with Crippen LogP contribution in [0.2, 0.25) is 0 Å². The van der Waals surface area contributed by atoms with Crippen molar-refractivity contribution in [2.45, 2.75) is 47.6 Å². The van der Waals surface area contributed by atoms with Crippen molar-refractivity contribution in [3.05, 3.63) is 29.6 Å². The van der Waals surface area contributed by atoms with E-state index in [1.807, 2.05) is 0 Å². The zero-order chi connectivity index (χ0) is 15.4. The van der Waals surface area contributed by atoms with Crippen LogP contribution in [0.1, 0.15) is 39.1 Å². The molecule has 0 spiro atoms. The first-order valence-electron chi connectivity index (χ1n) is 7.81. The van der Waals surface area contributed by atoms with Crippen LogP contribution in [-0.2, 0) is 13.0 Å². The lowest BCUT2D eigenvalue weighted by molar-refractivity contribution is 0.457. The van der Waals surface area contributed by atoms with Gasteiger partial charge in [-0.1, -0.05) is 39.8 Å². The molecule has 0 amide bonds. The van der Waals surface area contributed by atoms with Crippen molar-refractivity contribution in [2.24, 2.45) is 16.7 Å². The van der Waals surface area contributed by atoms with Crippen LogP contribution in [0.4, 0.5) is 0 Å². The Morgan fingerprint density at radius 2 is 1.86 bits per heavy atom. The van der Waals surface area contributed by atoms with E-state index in [9.17, 15) is 0 Å². The maximum atomic E-state index is 5.99. The highest BCUT2D eigenvalue weighted by molar-refractivity contribution is 6.17. The molecule has 3 rings (SSSR count). The minimum absolute atomic E-state index is 0.393. The Balaban J connectivity index is 2.06. The lowest BCUT2D eigenvalue weighted by atomic mass is 10.0. The predicted octanol–water partition coefficient (Wildman–Crippen LogP) is 4.81. The van der Waals surface area contributed by atoms with Gasteiger partial charge in [-0.15, -0.1) is 11.6 Å². The van der Waals surface area contributed by atoms with Gasteiger partial charge in [0.25, 0.3) is 0 Å². The number of benzene rings is 1. The number of hydrogen-bond acceptors (Lipinski definition) is 1. The Hall–Kier alpha value is -1.02. The second kappa shape index (κ2) is 4.74. The van der Waals surface area contributed by atoms with E-state index in [1.165, 1.54) is 11.1 Å². The second-order valence-corrected chi connectivity index (χ2v) is 7.89. The molecule has 2 nitrogen and oxygen atoms in total. The molecule has 0 radical (unpaired) electrons. The third-order valence-corrected chi connectivity index (χ3v) is 6.24. The summed E-state index contributed by atoms with van der Waals surface area (Å²) in [5.74, 6) is 2.45. The SMILES string of the molecule is Cc1cccc2nc(CCCl)n(CC3C(C)(C)C3(C)C)c12. The van der Waals surface area contributed by atoms with E-state index in [0.717, 1.165) is 24.3 Å². The lowest BCUT2D eigenvalue weighted by Gasteiger charge is -2.11. The second-order valence-electron chi connectivity index (χ2n) is 7.52. The number of imidazole rings is 1. The Labute approximate surface area is 132 Å². The summed E-state index contributed by atoms with van der Waals surface area (Å²) in [5.41, 5.74) is 4.48. The summed E-state index contributed by atoms with van der Waals surface area (Å²) >= 11 is 5.99. The van der Waals surface area contributed by atoms with Crippen molar-refractivity contribution in [1.82, 2.24) is 9.55 Å². The first kappa shape index (κ1) is 14.9. The molecule has 0 unspecified atom stereocenters. The minimum Gasteiger partial charge on any atom is -0.327 e. The number of fused-ring (bicyclic) bond motifs is 1. The van der Waals surface area contributed by atoms with Crippen molar-refractivity contribution in [3.8, 4) is 0 Å². The van der Waals surface area contributed by atoms with Gasteiger partial charge in [-0.25, -0.2) is 4.98 Å². The third-order valence-electron chi connectivity index (χ3n) is 6.05. The van der Waals surface area contributed by atoms with Crippen LogP contribution in [-0.4, -0.2) is 15.4 Å². The first-order chi connectivity index (χ1) is 9.80. The summed E-state index contributed by atoms with van der Waals surface area (Å²) in [5, 5.41) is 0. The summed E-state index contributed by atoms with van der Waals surface area (Å²) in [6.07, 6.45) is 0.837. The molecule has 1 aliphatic carbocycles. The first-order valence-corrected chi connectivity index (χ1v) is 8.35. The van der Waals surface area contributed by atoms with Crippen LogP contribution in [0.15, 0.2) is 18.2 Å². The van der Waals surface area contributed by atoms with Gasteiger partial charge in [0, 0.05) is 18.8 Å². The average molecular weight is 305 g/mol. The van der Waals surface area contributed by atoms with Crippen LogP contribution >= 0.6 is 11.6 Å². The molecule has 1 aromatic heterocycles. The maximum absolute atomic E-state index is 5.99. The summed E-state index contributed by atoms with van der Waals surface area (Å²) in [7, 11) is 0. The molecule has 0 N–H and O–H groups in total. The fourth-order valence-corrected chi connectivity index (χ4v) is 4.03.